The van der Waals surface area contributed by atoms with E-state index in [0.29, 0.717) is 0 Å². The number of hydrogen-bond acceptors (Lipinski definition) is 5. The Balaban J connectivity index is 1.54. The van der Waals surface area contributed by atoms with Crippen molar-refractivity contribution >= 4 is 22.7 Å². The lowest BCUT2D eigenvalue weighted by molar-refractivity contribution is 0.643. The number of fused-ring (bicyclic) bond motifs is 1. The lowest BCUT2D eigenvalue weighted by Crippen LogP contribution is -2.47. The number of hydrogen-bond donors (Lipinski definition) is 1. The molecule has 0 bridgehead atoms. The van der Waals surface area contributed by atoms with Crippen molar-refractivity contribution in [3.63, 3.8) is 0 Å². The van der Waals surface area contributed by atoms with Crippen molar-refractivity contribution in [3.05, 3.63) is 43.0 Å². The van der Waals surface area contributed by atoms with Gasteiger partial charge in [0.1, 0.15) is 23.6 Å². The van der Waals surface area contributed by atoms with Gasteiger partial charge in [-0.2, -0.15) is 0 Å². The SMILES string of the molecule is c1ccc(N2CCN(c3ncnc4[nH]ccc34)CC2)nc1. The Hall–Kier alpha value is -2.63. The van der Waals surface area contributed by atoms with E-state index in [4.69, 9.17) is 0 Å². The normalized spacial score (nSPS) is 15.6. The van der Waals surface area contributed by atoms with E-state index in [9.17, 15) is 0 Å². The number of H-pyrrole nitrogens is 1. The lowest BCUT2D eigenvalue weighted by Gasteiger charge is -2.36. The average Bonchev–Trinajstić information content (AvgIpc) is 3.04. The van der Waals surface area contributed by atoms with Gasteiger partial charge in [0.25, 0.3) is 0 Å². The van der Waals surface area contributed by atoms with E-state index in [0.717, 1.165) is 48.8 Å². The monoisotopic (exact) mass is 280 g/mol. The van der Waals surface area contributed by atoms with Crippen molar-refractivity contribution in [2.75, 3.05) is 36.0 Å². The van der Waals surface area contributed by atoms with Crippen molar-refractivity contribution in [1.82, 2.24) is 19.9 Å². The van der Waals surface area contributed by atoms with Gasteiger partial charge in [-0.25, -0.2) is 15.0 Å². The first-order valence-corrected chi connectivity index (χ1v) is 7.11. The molecule has 0 spiro atoms. The van der Waals surface area contributed by atoms with Crippen molar-refractivity contribution in [1.29, 1.82) is 0 Å². The highest BCUT2D eigenvalue weighted by atomic mass is 15.3. The van der Waals surface area contributed by atoms with Crippen LogP contribution in [-0.2, 0) is 0 Å². The zero-order valence-corrected chi connectivity index (χ0v) is 11.6. The molecule has 0 saturated carbocycles. The molecule has 3 aromatic rings. The number of nitrogens with one attached hydrogen (secondary N) is 1. The minimum absolute atomic E-state index is 0.896. The number of aromatic nitrogens is 4. The van der Waals surface area contributed by atoms with Gasteiger partial charge in [0.15, 0.2) is 0 Å². The molecule has 0 radical (unpaired) electrons. The molecular formula is C15H16N6. The number of nitrogens with zero attached hydrogens (tertiary/aromatic N) is 5. The molecule has 1 N–H and O–H groups in total. The summed E-state index contributed by atoms with van der Waals surface area (Å²) in [5.41, 5.74) is 0.896. The maximum absolute atomic E-state index is 4.46. The minimum Gasteiger partial charge on any atom is -0.353 e. The van der Waals surface area contributed by atoms with Gasteiger partial charge in [-0.15, -0.1) is 0 Å². The number of aromatic amines is 1. The van der Waals surface area contributed by atoms with Crippen LogP contribution in [0.25, 0.3) is 11.0 Å². The summed E-state index contributed by atoms with van der Waals surface area (Å²) in [5.74, 6) is 2.06. The Morgan fingerprint density at radius 1 is 0.905 bits per heavy atom. The highest BCUT2D eigenvalue weighted by Gasteiger charge is 2.20. The second-order valence-corrected chi connectivity index (χ2v) is 5.10. The fraction of sp³-hybridized carbons (Fsp3) is 0.267. The molecule has 0 amide bonds. The standard InChI is InChI=1S/C15H16N6/c1-2-5-16-13(3-1)20-7-9-21(10-8-20)15-12-4-6-17-14(12)18-11-19-15/h1-6,11H,7-10H2,(H,17,18,19). The third-order valence-corrected chi connectivity index (χ3v) is 3.89. The van der Waals surface area contributed by atoms with Crippen LogP contribution in [0.3, 0.4) is 0 Å². The highest BCUT2D eigenvalue weighted by molar-refractivity contribution is 5.87. The number of pyridine rings is 1. The van der Waals surface area contributed by atoms with Crippen molar-refractivity contribution in [2.45, 2.75) is 0 Å². The van der Waals surface area contributed by atoms with Crippen LogP contribution in [0, 0.1) is 0 Å². The third-order valence-electron chi connectivity index (χ3n) is 3.89. The summed E-state index contributed by atoms with van der Waals surface area (Å²) in [4.78, 5) is 20.9. The maximum atomic E-state index is 4.46. The predicted molar refractivity (Wildman–Crippen MR) is 82.6 cm³/mol. The van der Waals surface area contributed by atoms with Crippen molar-refractivity contribution < 1.29 is 0 Å². The van der Waals surface area contributed by atoms with Crippen molar-refractivity contribution in [2.24, 2.45) is 0 Å². The smallest absolute Gasteiger partial charge is 0.142 e. The van der Waals surface area contributed by atoms with E-state index >= 15 is 0 Å². The minimum atomic E-state index is 0.896. The van der Waals surface area contributed by atoms with Gasteiger partial charge in [0, 0.05) is 38.6 Å². The Morgan fingerprint density at radius 3 is 2.57 bits per heavy atom. The average molecular weight is 280 g/mol. The summed E-state index contributed by atoms with van der Waals surface area (Å²) in [5, 5.41) is 1.09. The summed E-state index contributed by atoms with van der Waals surface area (Å²) in [6, 6.07) is 8.08. The quantitative estimate of drug-likeness (QED) is 0.774. The van der Waals surface area contributed by atoms with E-state index in [1.807, 2.05) is 30.6 Å². The molecule has 0 aliphatic carbocycles. The molecule has 1 aliphatic rings. The van der Waals surface area contributed by atoms with Gasteiger partial charge in [0.2, 0.25) is 0 Å². The van der Waals surface area contributed by atoms with E-state index in [1.165, 1.54) is 0 Å². The molecule has 3 aromatic heterocycles. The van der Waals surface area contributed by atoms with E-state index in [-0.39, 0.29) is 0 Å². The molecule has 0 aromatic carbocycles. The van der Waals surface area contributed by atoms with Gasteiger partial charge in [-0.05, 0) is 18.2 Å². The molecule has 0 unspecified atom stereocenters. The fourth-order valence-electron chi connectivity index (χ4n) is 2.80. The Bertz CT molecular complexity index is 730. The van der Waals surface area contributed by atoms with Crippen molar-refractivity contribution in [3.8, 4) is 0 Å². The predicted octanol–water partition coefficient (Wildman–Crippen LogP) is 1.68. The topological polar surface area (TPSA) is 60.9 Å². The first-order valence-electron chi connectivity index (χ1n) is 7.11. The number of anilines is 2. The Kier molecular flexibility index (Phi) is 2.92. The van der Waals surface area contributed by atoms with Gasteiger partial charge in [0.05, 0.1) is 5.39 Å². The third kappa shape index (κ3) is 2.18. The first-order chi connectivity index (χ1) is 10.4. The van der Waals surface area contributed by atoms with E-state index in [1.54, 1.807) is 6.33 Å². The van der Waals surface area contributed by atoms with Gasteiger partial charge < -0.3 is 14.8 Å². The Labute approximate surface area is 122 Å². The molecule has 0 atom stereocenters. The van der Waals surface area contributed by atoms with E-state index in [2.05, 4.69) is 35.8 Å². The molecule has 4 rings (SSSR count). The van der Waals surface area contributed by atoms with E-state index < -0.39 is 0 Å². The summed E-state index contributed by atoms with van der Waals surface area (Å²) in [7, 11) is 0. The highest BCUT2D eigenvalue weighted by Crippen LogP contribution is 2.23. The first kappa shape index (κ1) is 12.1. The molecule has 21 heavy (non-hydrogen) atoms. The van der Waals surface area contributed by atoms with Crippen LogP contribution in [0.2, 0.25) is 0 Å². The second kappa shape index (κ2) is 5.05. The zero-order chi connectivity index (χ0) is 14.1. The number of rotatable bonds is 2. The van der Waals surface area contributed by atoms with Gasteiger partial charge >= 0.3 is 0 Å². The van der Waals surface area contributed by atoms with Crippen LogP contribution in [0.4, 0.5) is 11.6 Å². The molecule has 106 valence electrons. The summed E-state index contributed by atoms with van der Waals surface area (Å²) in [6.07, 6.45) is 5.38. The van der Waals surface area contributed by atoms with Crippen LogP contribution in [0.1, 0.15) is 0 Å². The lowest BCUT2D eigenvalue weighted by atomic mass is 10.2. The summed E-state index contributed by atoms with van der Waals surface area (Å²) >= 11 is 0. The van der Waals surface area contributed by atoms with Gasteiger partial charge in [-0.3, -0.25) is 0 Å². The summed E-state index contributed by atoms with van der Waals surface area (Å²) in [6.45, 7) is 3.78. The molecule has 6 nitrogen and oxygen atoms in total. The molecular weight excluding hydrogens is 264 g/mol. The summed E-state index contributed by atoms with van der Waals surface area (Å²) < 4.78 is 0. The van der Waals surface area contributed by atoms with Crippen LogP contribution in [-0.4, -0.2) is 46.1 Å². The molecule has 6 heteroatoms. The maximum Gasteiger partial charge on any atom is 0.142 e. The van der Waals surface area contributed by atoms with Gasteiger partial charge in [-0.1, -0.05) is 6.07 Å². The van der Waals surface area contributed by atoms with Crippen LogP contribution < -0.4 is 9.80 Å². The number of piperazine rings is 1. The van der Waals surface area contributed by atoms with Crippen LogP contribution in [0.15, 0.2) is 43.0 Å². The molecule has 1 saturated heterocycles. The Morgan fingerprint density at radius 2 is 1.76 bits per heavy atom. The largest absolute Gasteiger partial charge is 0.353 e. The van der Waals surface area contributed by atoms with Crippen LogP contribution >= 0.6 is 0 Å². The second-order valence-electron chi connectivity index (χ2n) is 5.10. The molecule has 1 fully saturated rings. The fourth-order valence-corrected chi connectivity index (χ4v) is 2.80. The molecule has 4 heterocycles. The van der Waals surface area contributed by atoms with Crippen LogP contribution in [0.5, 0.6) is 0 Å². The zero-order valence-electron chi connectivity index (χ0n) is 11.6. The molecule has 1 aliphatic heterocycles.